The molecular weight excluding hydrogens is 363 g/mol. The van der Waals surface area contributed by atoms with Crippen LogP contribution in [0.3, 0.4) is 0 Å². The average molecular weight is 396 g/mol. The van der Waals surface area contributed by atoms with Crippen LogP contribution in [0.1, 0.15) is 40.0 Å². The van der Waals surface area contributed by atoms with Gasteiger partial charge in [-0.1, -0.05) is 27.2 Å². The van der Waals surface area contributed by atoms with Gasteiger partial charge in [0.2, 0.25) is 0 Å². The summed E-state index contributed by atoms with van der Waals surface area (Å²) in [4.78, 5) is 9.18. The van der Waals surface area contributed by atoms with Crippen LogP contribution in [0, 0.1) is 5.41 Å². The van der Waals surface area contributed by atoms with E-state index < -0.39 is 0 Å². The number of guanidine groups is 1. The van der Waals surface area contributed by atoms with Crippen molar-refractivity contribution in [2.24, 2.45) is 10.4 Å². The van der Waals surface area contributed by atoms with Crippen molar-refractivity contribution in [3.63, 3.8) is 0 Å². The van der Waals surface area contributed by atoms with E-state index >= 15 is 0 Å². The molecule has 1 heterocycles. The number of nitrogens with zero attached hydrogens (tertiary/aromatic N) is 3. The number of rotatable bonds is 6. The van der Waals surface area contributed by atoms with Crippen molar-refractivity contribution < 1.29 is 0 Å². The largest absolute Gasteiger partial charge is 0.355 e. The van der Waals surface area contributed by atoms with Crippen LogP contribution in [0.25, 0.3) is 0 Å². The van der Waals surface area contributed by atoms with Crippen LogP contribution >= 0.6 is 24.0 Å². The first-order chi connectivity index (χ1) is 8.98. The fraction of sp³-hybridized carbons (Fsp3) is 0.933. The Kier molecular flexibility index (Phi) is 9.80. The van der Waals surface area contributed by atoms with Crippen molar-refractivity contribution in [3.05, 3.63) is 0 Å². The summed E-state index contributed by atoms with van der Waals surface area (Å²) in [6.45, 7) is 12.4. The highest BCUT2D eigenvalue weighted by Crippen LogP contribution is 2.28. The maximum absolute atomic E-state index is 4.41. The second-order valence-corrected chi connectivity index (χ2v) is 6.47. The first kappa shape index (κ1) is 20.0. The van der Waals surface area contributed by atoms with E-state index in [9.17, 15) is 0 Å². The van der Waals surface area contributed by atoms with Gasteiger partial charge in [0.15, 0.2) is 5.96 Å². The number of unbranched alkanes of at least 4 members (excludes halogenated alkanes) is 1. The highest BCUT2D eigenvalue weighted by Gasteiger charge is 2.30. The van der Waals surface area contributed by atoms with E-state index in [2.05, 4.69) is 47.9 Å². The lowest BCUT2D eigenvalue weighted by Crippen LogP contribution is -2.43. The molecule has 20 heavy (non-hydrogen) atoms. The average Bonchev–Trinajstić information content (AvgIpc) is 2.72. The molecule has 0 bridgehead atoms. The number of likely N-dealkylation sites (N-methyl/N-ethyl adjacent to an activating group) is 1. The Morgan fingerprint density at radius 2 is 2.05 bits per heavy atom. The Hall–Kier alpha value is -0.0400. The maximum atomic E-state index is 4.41. The molecular formula is C15H33IN4. The van der Waals surface area contributed by atoms with E-state index in [0.717, 1.165) is 32.1 Å². The number of nitrogens with one attached hydrogen (secondary N) is 1. The molecule has 5 heteroatoms. The number of hydrogen-bond acceptors (Lipinski definition) is 2. The van der Waals surface area contributed by atoms with Gasteiger partial charge in [0, 0.05) is 33.2 Å². The van der Waals surface area contributed by atoms with Crippen LogP contribution in [-0.2, 0) is 0 Å². The lowest BCUT2D eigenvalue weighted by molar-refractivity contribution is 0.328. The van der Waals surface area contributed by atoms with Gasteiger partial charge in [0.25, 0.3) is 0 Å². The van der Waals surface area contributed by atoms with E-state index in [4.69, 9.17) is 0 Å². The number of aliphatic imine (C=N–C) groups is 1. The van der Waals surface area contributed by atoms with Crippen molar-refractivity contribution >= 4 is 29.9 Å². The van der Waals surface area contributed by atoms with Gasteiger partial charge in [-0.25, -0.2) is 0 Å². The topological polar surface area (TPSA) is 30.9 Å². The van der Waals surface area contributed by atoms with Gasteiger partial charge in [0.05, 0.1) is 0 Å². The molecule has 1 rings (SSSR count). The highest BCUT2D eigenvalue weighted by molar-refractivity contribution is 14.0. The molecule has 0 atom stereocenters. The fourth-order valence-corrected chi connectivity index (χ4v) is 2.52. The molecule has 0 aliphatic carbocycles. The lowest BCUT2D eigenvalue weighted by Gasteiger charge is -2.24. The minimum absolute atomic E-state index is 0. The lowest BCUT2D eigenvalue weighted by atomic mass is 9.93. The predicted molar refractivity (Wildman–Crippen MR) is 99.2 cm³/mol. The van der Waals surface area contributed by atoms with E-state index in [-0.39, 0.29) is 24.0 Å². The molecule has 0 amide bonds. The van der Waals surface area contributed by atoms with E-state index in [0.29, 0.717) is 5.41 Å². The number of halogens is 1. The van der Waals surface area contributed by atoms with Gasteiger partial charge in [0.1, 0.15) is 0 Å². The summed E-state index contributed by atoms with van der Waals surface area (Å²) in [7, 11) is 4.08. The van der Waals surface area contributed by atoms with E-state index in [1.807, 2.05) is 7.05 Å². The predicted octanol–water partition coefficient (Wildman–Crippen LogP) is 2.64. The van der Waals surface area contributed by atoms with Crippen molar-refractivity contribution in [3.8, 4) is 0 Å². The zero-order valence-electron chi connectivity index (χ0n) is 13.9. The summed E-state index contributed by atoms with van der Waals surface area (Å²) < 4.78 is 0. The quantitative estimate of drug-likeness (QED) is 0.426. The Morgan fingerprint density at radius 3 is 2.55 bits per heavy atom. The molecule has 1 saturated heterocycles. The van der Waals surface area contributed by atoms with Gasteiger partial charge < -0.3 is 15.1 Å². The molecule has 0 saturated carbocycles. The van der Waals surface area contributed by atoms with Crippen LogP contribution in [0.4, 0.5) is 0 Å². The standard InChI is InChI=1S/C15H32N4.HI/c1-6-7-10-18(5)12-9-17-14(16-4)19-11-8-15(2,3)13-19;/h6-13H2,1-5H3,(H,16,17);1H. The van der Waals surface area contributed by atoms with Crippen LogP contribution in [-0.4, -0.2) is 62.6 Å². The third-order valence-electron chi connectivity index (χ3n) is 3.86. The van der Waals surface area contributed by atoms with Crippen molar-refractivity contribution in [1.82, 2.24) is 15.1 Å². The minimum Gasteiger partial charge on any atom is -0.355 e. The fourth-order valence-electron chi connectivity index (χ4n) is 2.52. The molecule has 0 spiro atoms. The molecule has 1 aliphatic heterocycles. The second kappa shape index (κ2) is 9.82. The molecule has 0 aromatic rings. The number of likely N-dealkylation sites (tertiary alicyclic amines) is 1. The van der Waals surface area contributed by atoms with E-state index in [1.54, 1.807) is 0 Å². The summed E-state index contributed by atoms with van der Waals surface area (Å²) in [6.07, 6.45) is 3.80. The third kappa shape index (κ3) is 7.11. The Morgan fingerprint density at radius 1 is 1.35 bits per heavy atom. The third-order valence-corrected chi connectivity index (χ3v) is 3.86. The van der Waals surface area contributed by atoms with Gasteiger partial charge >= 0.3 is 0 Å². The van der Waals surface area contributed by atoms with Gasteiger partial charge in [-0.05, 0) is 31.8 Å². The number of hydrogen-bond donors (Lipinski definition) is 1. The Balaban J connectivity index is 0.00000361. The molecule has 1 N–H and O–H groups in total. The molecule has 0 aromatic carbocycles. The van der Waals surface area contributed by atoms with Crippen molar-refractivity contribution in [2.45, 2.75) is 40.0 Å². The van der Waals surface area contributed by atoms with Crippen LogP contribution in [0.2, 0.25) is 0 Å². The van der Waals surface area contributed by atoms with Crippen LogP contribution in [0.5, 0.6) is 0 Å². The molecule has 4 nitrogen and oxygen atoms in total. The first-order valence-corrected chi connectivity index (χ1v) is 7.62. The summed E-state index contributed by atoms with van der Waals surface area (Å²) in [6, 6.07) is 0. The molecule has 1 fully saturated rings. The minimum atomic E-state index is 0. The van der Waals surface area contributed by atoms with Gasteiger partial charge in [-0.15, -0.1) is 24.0 Å². The first-order valence-electron chi connectivity index (χ1n) is 7.62. The Bertz CT molecular complexity index is 292. The van der Waals surface area contributed by atoms with Crippen LogP contribution in [0.15, 0.2) is 4.99 Å². The maximum Gasteiger partial charge on any atom is 0.193 e. The molecule has 0 radical (unpaired) electrons. The monoisotopic (exact) mass is 396 g/mol. The smallest absolute Gasteiger partial charge is 0.193 e. The second-order valence-electron chi connectivity index (χ2n) is 6.47. The van der Waals surface area contributed by atoms with Crippen molar-refractivity contribution in [1.29, 1.82) is 0 Å². The summed E-state index contributed by atoms with van der Waals surface area (Å²) in [5.41, 5.74) is 0.426. The van der Waals surface area contributed by atoms with Gasteiger partial charge in [-0.3, -0.25) is 4.99 Å². The molecule has 120 valence electrons. The Labute approximate surface area is 142 Å². The van der Waals surface area contributed by atoms with Crippen LogP contribution < -0.4 is 5.32 Å². The van der Waals surface area contributed by atoms with Crippen molar-refractivity contribution in [2.75, 3.05) is 46.8 Å². The SMILES string of the molecule is CCCCN(C)CCNC(=NC)N1CCC(C)(C)C1.I. The summed E-state index contributed by atoms with van der Waals surface area (Å²) in [5.74, 6) is 1.06. The molecule has 0 aromatic heterocycles. The van der Waals surface area contributed by atoms with E-state index in [1.165, 1.54) is 25.8 Å². The summed E-state index contributed by atoms with van der Waals surface area (Å²) >= 11 is 0. The molecule has 1 aliphatic rings. The zero-order valence-corrected chi connectivity index (χ0v) is 16.2. The summed E-state index contributed by atoms with van der Waals surface area (Å²) in [5, 5.41) is 3.49. The highest BCUT2D eigenvalue weighted by atomic mass is 127. The van der Waals surface area contributed by atoms with Gasteiger partial charge in [-0.2, -0.15) is 0 Å². The molecule has 0 unspecified atom stereocenters. The normalized spacial score (nSPS) is 18.3. The zero-order chi connectivity index (χ0) is 14.3.